The van der Waals surface area contributed by atoms with Gasteiger partial charge in [0.2, 0.25) is 5.91 Å². The highest BCUT2D eigenvalue weighted by Gasteiger charge is 2.35. The van der Waals surface area contributed by atoms with Gasteiger partial charge in [-0.3, -0.25) is 9.89 Å². The number of rotatable bonds is 4. The first-order valence-corrected chi connectivity index (χ1v) is 7.86. The Kier molecular flexibility index (Phi) is 4.64. The summed E-state index contributed by atoms with van der Waals surface area (Å²) in [6.07, 6.45) is -0.541. The van der Waals surface area contributed by atoms with E-state index in [0.29, 0.717) is 31.6 Å². The normalized spacial score (nSPS) is 18.8. The molecule has 3 rings (SSSR count). The summed E-state index contributed by atoms with van der Waals surface area (Å²) in [5.74, 6) is 0.599. The van der Waals surface area contributed by atoms with Gasteiger partial charge in [-0.1, -0.05) is 0 Å². The molecule has 8 heteroatoms. The molecule has 1 saturated heterocycles. The largest absolute Gasteiger partial charge is 0.469 e. The molecule has 1 N–H and O–H groups in total. The minimum absolute atomic E-state index is 0.00772. The summed E-state index contributed by atoms with van der Waals surface area (Å²) in [6, 6.07) is 4.63. The predicted octanol–water partition coefficient (Wildman–Crippen LogP) is 3.36. The van der Waals surface area contributed by atoms with Gasteiger partial charge < -0.3 is 9.32 Å². The van der Waals surface area contributed by atoms with E-state index in [1.807, 2.05) is 6.07 Å². The lowest BCUT2D eigenvalue weighted by Gasteiger charge is -2.32. The Bertz CT molecular complexity index is 679. The summed E-state index contributed by atoms with van der Waals surface area (Å²) in [5, 5.41) is 5.81. The van der Waals surface area contributed by atoms with Crippen LogP contribution >= 0.6 is 0 Å². The monoisotopic (exact) mass is 341 g/mol. The molecule has 1 fully saturated rings. The zero-order chi connectivity index (χ0) is 17.2. The van der Waals surface area contributed by atoms with Gasteiger partial charge in [0, 0.05) is 37.5 Å². The molecule has 0 unspecified atom stereocenters. The van der Waals surface area contributed by atoms with Crippen LogP contribution in [0.15, 0.2) is 28.9 Å². The topological polar surface area (TPSA) is 62.1 Å². The molecule has 5 nitrogen and oxygen atoms in total. The van der Waals surface area contributed by atoms with E-state index in [1.165, 1.54) is 0 Å². The van der Waals surface area contributed by atoms with E-state index < -0.39 is 11.9 Å². The number of aromatic nitrogens is 2. The Labute approximate surface area is 136 Å². The van der Waals surface area contributed by atoms with E-state index in [2.05, 4.69) is 10.2 Å². The highest BCUT2D eigenvalue weighted by atomic mass is 19.4. The average Bonchev–Trinajstić information content (AvgIpc) is 3.23. The lowest BCUT2D eigenvalue weighted by Crippen LogP contribution is -2.39. The van der Waals surface area contributed by atoms with Crippen molar-refractivity contribution in [3.63, 3.8) is 0 Å². The molecular formula is C16H18F3N3O2. The van der Waals surface area contributed by atoms with Gasteiger partial charge in [-0.2, -0.15) is 18.3 Å². The molecule has 0 aliphatic carbocycles. The molecule has 1 atom stereocenters. The molecule has 0 radical (unpaired) electrons. The second kappa shape index (κ2) is 6.70. The SMILES string of the molecule is O=C(CCc1ccco1)N1CCC[C@H](c2cc(C(F)(F)F)n[nH]2)C1. The number of carbonyl (C=O) groups is 1. The van der Waals surface area contributed by atoms with Crippen LogP contribution in [0.25, 0.3) is 0 Å². The van der Waals surface area contributed by atoms with E-state index in [4.69, 9.17) is 4.42 Å². The van der Waals surface area contributed by atoms with Crippen LogP contribution in [0.5, 0.6) is 0 Å². The van der Waals surface area contributed by atoms with E-state index in [-0.39, 0.29) is 11.8 Å². The number of likely N-dealkylation sites (tertiary alicyclic amines) is 1. The molecular weight excluding hydrogens is 323 g/mol. The summed E-state index contributed by atoms with van der Waals surface area (Å²) in [6.45, 7) is 1.05. The number of alkyl halides is 3. The van der Waals surface area contributed by atoms with E-state index >= 15 is 0 Å². The first-order chi connectivity index (χ1) is 11.4. The number of aryl methyl sites for hydroxylation is 1. The number of hydrogen-bond donors (Lipinski definition) is 1. The molecule has 0 bridgehead atoms. The van der Waals surface area contributed by atoms with Gasteiger partial charge in [0.25, 0.3) is 0 Å². The average molecular weight is 341 g/mol. The Balaban J connectivity index is 1.59. The zero-order valence-electron chi connectivity index (χ0n) is 13.0. The smallest absolute Gasteiger partial charge is 0.435 e. The maximum atomic E-state index is 12.7. The van der Waals surface area contributed by atoms with Gasteiger partial charge in [-0.15, -0.1) is 0 Å². The maximum Gasteiger partial charge on any atom is 0.435 e. The summed E-state index contributed by atoms with van der Waals surface area (Å²) < 4.78 is 43.2. The number of furan rings is 1. The number of aromatic amines is 1. The second-order valence-corrected chi connectivity index (χ2v) is 5.96. The van der Waals surface area contributed by atoms with Crippen molar-refractivity contribution in [2.24, 2.45) is 0 Å². The number of amides is 1. The fourth-order valence-corrected chi connectivity index (χ4v) is 2.99. The first kappa shape index (κ1) is 16.6. The van der Waals surface area contributed by atoms with Gasteiger partial charge in [0.15, 0.2) is 5.69 Å². The van der Waals surface area contributed by atoms with Crippen LogP contribution < -0.4 is 0 Å². The van der Waals surface area contributed by atoms with Crippen LogP contribution in [-0.2, 0) is 17.4 Å². The number of carbonyl (C=O) groups excluding carboxylic acids is 1. The van der Waals surface area contributed by atoms with Gasteiger partial charge in [-0.05, 0) is 31.0 Å². The van der Waals surface area contributed by atoms with Crippen molar-refractivity contribution in [2.75, 3.05) is 13.1 Å². The lowest BCUT2D eigenvalue weighted by molar-refractivity contribution is -0.141. The summed E-state index contributed by atoms with van der Waals surface area (Å²) in [7, 11) is 0. The molecule has 130 valence electrons. The lowest BCUT2D eigenvalue weighted by atomic mass is 9.94. The molecule has 2 aromatic rings. The molecule has 0 saturated carbocycles. The van der Waals surface area contributed by atoms with Crippen molar-refractivity contribution in [3.8, 4) is 0 Å². The minimum atomic E-state index is -4.46. The number of halogens is 3. The van der Waals surface area contributed by atoms with Crippen molar-refractivity contribution in [2.45, 2.75) is 37.8 Å². The predicted molar refractivity (Wildman–Crippen MR) is 79.2 cm³/mol. The third-order valence-corrected chi connectivity index (χ3v) is 4.27. The van der Waals surface area contributed by atoms with Crippen LogP contribution in [0.1, 0.15) is 42.3 Å². The van der Waals surface area contributed by atoms with Crippen molar-refractivity contribution >= 4 is 5.91 Å². The summed E-state index contributed by atoms with van der Waals surface area (Å²) in [5.41, 5.74) is -0.482. The molecule has 1 aliphatic rings. The van der Waals surface area contributed by atoms with Crippen molar-refractivity contribution in [1.29, 1.82) is 0 Å². The fourth-order valence-electron chi connectivity index (χ4n) is 2.99. The molecule has 0 spiro atoms. The number of piperidine rings is 1. The molecule has 2 aromatic heterocycles. The molecule has 24 heavy (non-hydrogen) atoms. The van der Waals surface area contributed by atoms with Crippen LogP contribution in [0.3, 0.4) is 0 Å². The minimum Gasteiger partial charge on any atom is -0.469 e. The van der Waals surface area contributed by atoms with Crippen molar-refractivity contribution < 1.29 is 22.4 Å². The molecule has 1 aliphatic heterocycles. The van der Waals surface area contributed by atoms with Crippen molar-refractivity contribution in [1.82, 2.24) is 15.1 Å². The van der Waals surface area contributed by atoms with Gasteiger partial charge in [0.1, 0.15) is 5.76 Å². The molecule has 1 amide bonds. The molecule has 0 aromatic carbocycles. The van der Waals surface area contributed by atoms with E-state index in [0.717, 1.165) is 24.7 Å². The number of hydrogen-bond acceptors (Lipinski definition) is 3. The number of nitrogens with one attached hydrogen (secondary N) is 1. The summed E-state index contributed by atoms with van der Waals surface area (Å²) in [4.78, 5) is 14.0. The van der Waals surface area contributed by atoms with E-state index in [9.17, 15) is 18.0 Å². The zero-order valence-corrected chi connectivity index (χ0v) is 13.0. The second-order valence-electron chi connectivity index (χ2n) is 5.96. The fraction of sp³-hybridized carbons (Fsp3) is 0.500. The third-order valence-electron chi connectivity index (χ3n) is 4.27. The van der Waals surface area contributed by atoms with Gasteiger partial charge in [0.05, 0.1) is 6.26 Å². The van der Waals surface area contributed by atoms with Crippen molar-refractivity contribution in [3.05, 3.63) is 41.6 Å². The summed E-state index contributed by atoms with van der Waals surface area (Å²) >= 11 is 0. The van der Waals surface area contributed by atoms with Crippen LogP contribution in [-0.4, -0.2) is 34.1 Å². The van der Waals surface area contributed by atoms with Crippen LogP contribution in [0.4, 0.5) is 13.2 Å². The Morgan fingerprint density at radius 2 is 2.29 bits per heavy atom. The Hall–Kier alpha value is -2.25. The number of nitrogens with zero attached hydrogens (tertiary/aromatic N) is 2. The standard InChI is InChI=1S/C16H18F3N3O2/c17-16(18,19)14-9-13(20-21-14)11-3-1-7-22(10-11)15(23)6-5-12-4-2-8-24-12/h2,4,8-9,11H,1,3,5-7,10H2,(H,20,21)/t11-/m0/s1. The Morgan fingerprint density at radius 3 is 2.96 bits per heavy atom. The quantitative estimate of drug-likeness (QED) is 0.927. The van der Waals surface area contributed by atoms with Gasteiger partial charge >= 0.3 is 6.18 Å². The number of H-pyrrole nitrogens is 1. The molecule has 3 heterocycles. The van der Waals surface area contributed by atoms with E-state index in [1.54, 1.807) is 17.2 Å². The maximum absolute atomic E-state index is 12.7. The Morgan fingerprint density at radius 1 is 1.46 bits per heavy atom. The highest BCUT2D eigenvalue weighted by molar-refractivity contribution is 5.76. The third kappa shape index (κ3) is 3.80. The van der Waals surface area contributed by atoms with Gasteiger partial charge in [-0.25, -0.2) is 0 Å². The first-order valence-electron chi connectivity index (χ1n) is 7.86. The highest BCUT2D eigenvalue weighted by Crippen LogP contribution is 2.32. The van der Waals surface area contributed by atoms with Crippen LogP contribution in [0, 0.1) is 0 Å². The van der Waals surface area contributed by atoms with Crippen LogP contribution in [0.2, 0.25) is 0 Å².